The number of hydrogen-bond donors (Lipinski definition) is 1. The number of nitrogens with one attached hydrogen (secondary N) is 1. The molecule has 1 amide bonds. The number of carbonyl (C=O) groups excluding carboxylic acids is 1. The molecule has 2 heterocycles. The van der Waals surface area contributed by atoms with Gasteiger partial charge in [-0.25, -0.2) is 4.98 Å². The van der Waals surface area contributed by atoms with E-state index < -0.39 is 0 Å². The number of anilines is 1. The van der Waals surface area contributed by atoms with Gasteiger partial charge in [-0.2, -0.15) is 4.37 Å². The quantitative estimate of drug-likeness (QED) is 0.875. The van der Waals surface area contributed by atoms with Crippen LogP contribution < -0.4 is 10.2 Å². The molecule has 116 valence electrons. The lowest BCUT2D eigenvalue weighted by atomic mass is 10.3. The highest BCUT2D eigenvalue weighted by atomic mass is 32.1. The molecule has 0 bridgehead atoms. The van der Waals surface area contributed by atoms with Gasteiger partial charge in [0.2, 0.25) is 11.0 Å². The highest BCUT2D eigenvalue weighted by Gasteiger charge is 2.23. The zero-order valence-corrected chi connectivity index (χ0v) is 13.4. The van der Waals surface area contributed by atoms with Gasteiger partial charge in [-0.3, -0.25) is 4.79 Å². The van der Waals surface area contributed by atoms with E-state index in [1.807, 2.05) is 11.8 Å². The zero-order chi connectivity index (χ0) is 14.7. The van der Waals surface area contributed by atoms with Gasteiger partial charge in [-0.05, 0) is 38.6 Å². The predicted molar refractivity (Wildman–Crippen MR) is 83.6 cm³/mol. The van der Waals surface area contributed by atoms with E-state index in [0.29, 0.717) is 6.54 Å². The Kier molecular flexibility index (Phi) is 4.70. The van der Waals surface area contributed by atoms with E-state index in [4.69, 9.17) is 0 Å². The summed E-state index contributed by atoms with van der Waals surface area (Å²) in [5, 5.41) is 4.27. The van der Waals surface area contributed by atoms with Crippen molar-refractivity contribution in [2.45, 2.75) is 26.2 Å². The first-order valence-corrected chi connectivity index (χ1v) is 8.53. The molecule has 0 radical (unpaired) electrons. The number of carbonyl (C=O) groups is 1. The first-order valence-electron chi connectivity index (χ1n) is 7.76. The molecule has 0 atom stereocenters. The van der Waals surface area contributed by atoms with Crippen LogP contribution in [0.15, 0.2) is 0 Å². The molecule has 0 aromatic carbocycles. The molecule has 0 unspecified atom stereocenters. The van der Waals surface area contributed by atoms with Gasteiger partial charge in [-0.15, -0.1) is 0 Å². The van der Waals surface area contributed by atoms with Crippen molar-refractivity contribution in [3.05, 3.63) is 5.82 Å². The van der Waals surface area contributed by atoms with Crippen molar-refractivity contribution < 1.29 is 4.79 Å². The summed E-state index contributed by atoms with van der Waals surface area (Å²) in [6.45, 7) is 6.82. The number of amides is 1. The standard InChI is InChI=1S/C14H23N5OS/c1-11-16-14(21-17-11)19-6-2-5-18(7-8-19)13(20)10-15-9-12-3-4-12/h12,15H,2-10H2,1H3. The van der Waals surface area contributed by atoms with Crippen molar-refractivity contribution in [2.24, 2.45) is 5.92 Å². The molecule has 2 fully saturated rings. The highest BCUT2D eigenvalue weighted by Crippen LogP contribution is 2.27. The van der Waals surface area contributed by atoms with Gasteiger partial charge in [-0.1, -0.05) is 0 Å². The second-order valence-corrected chi connectivity index (χ2v) is 6.65. The molecule has 2 aliphatic rings. The average molecular weight is 309 g/mol. The van der Waals surface area contributed by atoms with Crippen molar-refractivity contribution in [2.75, 3.05) is 44.2 Å². The number of hydrogen-bond acceptors (Lipinski definition) is 6. The van der Waals surface area contributed by atoms with Crippen LogP contribution in [0.4, 0.5) is 5.13 Å². The normalized spacial score (nSPS) is 19.7. The zero-order valence-electron chi connectivity index (χ0n) is 12.5. The minimum Gasteiger partial charge on any atom is -0.345 e. The van der Waals surface area contributed by atoms with Crippen LogP contribution in [-0.2, 0) is 4.79 Å². The highest BCUT2D eigenvalue weighted by molar-refractivity contribution is 7.09. The predicted octanol–water partition coefficient (Wildman–Crippen LogP) is 0.885. The smallest absolute Gasteiger partial charge is 0.236 e. The molecule has 21 heavy (non-hydrogen) atoms. The van der Waals surface area contributed by atoms with Crippen molar-refractivity contribution >= 4 is 22.6 Å². The number of nitrogens with zero attached hydrogens (tertiary/aromatic N) is 4. The Morgan fingerprint density at radius 2 is 2.19 bits per heavy atom. The Hall–Kier alpha value is -1.21. The minimum atomic E-state index is 0.228. The van der Waals surface area contributed by atoms with Crippen LogP contribution in [0.25, 0.3) is 0 Å². The van der Waals surface area contributed by atoms with Gasteiger partial charge in [0, 0.05) is 37.7 Å². The van der Waals surface area contributed by atoms with Gasteiger partial charge in [0.1, 0.15) is 5.82 Å². The molecule has 7 heteroatoms. The number of aryl methyl sites for hydroxylation is 1. The molecule has 1 saturated carbocycles. The van der Waals surface area contributed by atoms with Crippen LogP contribution in [0, 0.1) is 12.8 Å². The summed E-state index contributed by atoms with van der Waals surface area (Å²) in [5.74, 6) is 1.88. The van der Waals surface area contributed by atoms with Crippen LogP contribution in [-0.4, -0.2) is 59.4 Å². The molecule has 1 saturated heterocycles. The Morgan fingerprint density at radius 1 is 1.33 bits per heavy atom. The fourth-order valence-electron chi connectivity index (χ4n) is 2.59. The fraction of sp³-hybridized carbons (Fsp3) is 0.786. The third-order valence-electron chi connectivity index (χ3n) is 4.04. The van der Waals surface area contributed by atoms with E-state index in [2.05, 4.69) is 19.6 Å². The SMILES string of the molecule is Cc1nsc(N2CCCN(C(=O)CNCC3CC3)CC2)n1. The van der Waals surface area contributed by atoms with Crippen LogP contribution in [0.1, 0.15) is 25.1 Å². The first-order chi connectivity index (χ1) is 10.2. The van der Waals surface area contributed by atoms with Crippen molar-refractivity contribution in [1.29, 1.82) is 0 Å². The molecule has 1 aliphatic carbocycles. The van der Waals surface area contributed by atoms with Gasteiger partial charge < -0.3 is 15.1 Å². The second-order valence-electron chi connectivity index (χ2n) is 5.92. The molecule has 1 N–H and O–H groups in total. The third kappa shape index (κ3) is 4.14. The molecule has 3 rings (SSSR count). The Bertz CT molecular complexity index is 487. The van der Waals surface area contributed by atoms with Crippen LogP contribution >= 0.6 is 11.5 Å². The summed E-state index contributed by atoms with van der Waals surface area (Å²) < 4.78 is 4.24. The Balaban J connectivity index is 1.46. The van der Waals surface area contributed by atoms with Crippen molar-refractivity contribution in [3.8, 4) is 0 Å². The Labute approximate surface area is 129 Å². The maximum absolute atomic E-state index is 12.2. The van der Waals surface area contributed by atoms with E-state index in [-0.39, 0.29) is 5.91 Å². The van der Waals surface area contributed by atoms with E-state index in [1.54, 1.807) is 0 Å². The summed E-state index contributed by atoms with van der Waals surface area (Å²) in [6, 6.07) is 0. The monoisotopic (exact) mass is 309 g/mol. The molecular weight excluding hydrogens is 286 g/mol. The van der Waals surface area contributed by atoms with Crippen LogP contribution in [0.5, 0.6) is 0 Å². The maximum atomic E-state index is 12.2. The summed E-state index contributed by atoms with van der Waals surface area (Å²) in [6.07, 6.45) is 3.63. The summed E-state index contributed by atoms with van der Waals surface area (Å²) >= 11 is 1.45. The molecule has 0 spiro atoms. The van der Waals surface area contributed by atoms with Gasteiger partial charge in [0.05, 0.1) is 6.54 Å². The van der Waals surface area contributed by atoms with Crippen LogP contribution in [0.3, 0.4) is 0 Å². The lowest BCUT2D eigenvalue weighted by Crippen LogP contribution is -2.40. The van der Waals surface area contributed by atoms with E-state index in [1.165, 1.54) is 24.4 Å². The lowest BCUT2D eigenvalue weighted by molar-refractivity contribution is -0.130. The topological polar surface area (TPSA) is 61.4 Å². The third-order valence-corrected chi connectivity index (χ3v) is 4.91. The first kappa shape index (κ1) is 14.7. The summed E-state index contributed by atoms with van der Waals surface area (Å²) in [5.41, 5.74) is 0. The van der Waals surface area contributed by atoms with Crippen molar-refractivity contribution in [1.82, 2.24) is 19.6 Å². The molecule has 1 aliphatic heterocycles. The molecule has 1 aromatic rings. The van der Waals surface area contributed by atoms with E-state index in [9.17, 15) is 4.79 Å². The number of aromatic nitrogens is 2. The summed E-state index contributed by atoms with van der Waals surface area (Å²) in [4.78, 5) is 20.9. The fourth-order valence-corrected chi connectivity index (χ4v) is 3.32. The molecule has 6 nitrogen and oxygen atoms in total. The molecular formula is C14H23N5OS. The summed E-state index contributed by atoms with van der Waals surface area (Å²) in [7, 11) is 0. The van der Waals surface area contributed by atoms with E-state index >= 15 is 0 Å². The number of rotatable bonds is 5. The largest absolute Gasteiger partial charge is 0.345 e. The van der Waals surface area contributed by atoms with Crippen molar-refractivity contribution in [3.63, 3.8) is 0 Å². The van der Waals surface area contributed by atoms with Gasteiger partial charge >= 0.3 is 0 Å². The van der Waals surface area contributed by atoms with Crippen LogP contribution in [0.2, 0.25) is 0 Å². The second kappa shape index (κ2) is 6.70. The Morgan fingerprint density at radius 3 is 2.90 bits per heavy atom. The van der Waals surface area contributed by atoms with E-state index in [0.717, 1.165) is 56.0 Å². The van der Waals surface area contributed by atoms with Gasteiger partial charge in [0.15, 0.2) is 0 Å². The van der Waals surface area contributed by atoms with Gasteiger partial charge in [0.25, 0.3) is 0 Å². The maximum Gasteiger partial charge on any atom is 0.236 e. The average Bonchev–Trinajstić information content (AvgIpc) is 3.24. The molecule has 1 aromatic heterocycles. The minimum absolute atomic E-state index is 0.228. The lowest BCUT2D eigenvalue weighted by Gasteiger charge is -2.21.